The number of hydrogen-bond acceptors (Lipinski definition) is 3. The van der Waals surface area contributed by atoms with Crippen LogP contribution in [0.3, 0.4) is 0 Å². The molecule has 1 aromatic rings. The SMILES string of the molecule is CN(O)Cc1ccc(Cl)nc1. The van der Waals surface area contributed by atoms with Crippen LogP contribution >= 0.6 is 11.6 Å². The normalized spacial score (nSPS) is 10.5. The van der Waals surface area contributed by atoms with Crippen LogP contribution in [0.1, 0.15) is 5.56 Å². The first-order valence-corrected chi connectivity index (χ1v) is 3.57. The fourth-order valence-electron chi connectivity index (χ4n) is 0.764. The smallest absolute Gasteiger partial charge is 0.129 e. The van der Waals surface area contributed by atoms with Crippen molar-refractivity contribution in [1.82, 2.24) is 10.0 Å². The van der Waals surface area contributed by atoms with Crippen LogP contribution in [-0.2, 0) is 6.54 Å². The third kappa shape index (κ3) is 2.84. The van der Waals surface area contributed by atoms with Gasteiger partial charge in [0.1, 0.15) is 5.15 Å². The molecule has 3 nitrogen and oxygen atoms in total. The van der Waals surface area contributed by atoms with E-state index in [1.165, 1.54) is 0 Å². The van der Waals surface area contributed by atoms with Crippen molar-refractivity contribution in [3.8, 4) is 0 Å². The zero-order valence-electron chi connectivity index (χ0n) is 6.16. The number of hydroxylamine groups is 2. The van der Waals surface area contributed by atoms with Crippen LogP contribution in [0.25, 0.3) is 0 Å². The van der Waals surface area contributed by atoms with E-state index < -0.39 is 0 Å². The Labute approximate surface area is 70.2 Å². The fraction of sp³-hybridized carbons (Fsp3) is 0.286. The average molecular weight is 173 g/mol. The molecule has 1 rings (SSSR count). The molecule has 60 valence electrons. The summed E-state index contributed by atoms with van der Waals surface area (Å²) in [6, 6.07) is 3.52. The highest BCUT2D eigenvalue weighted by atomic mass is 35.5. The van der Waals surface area contributed by atoms with Crippen molar-refractivity contribution in [2.24, 2.45) is 0 Å². The van der Waals surface area contributed by atoms with Gasteiger partial charge in [-0.15, -0.1) is 0 Å². The molecule has 11 heavy (non-hydrogen) atoms. The Morgan fingerprint density at radius 1 is 1.64 bits per heavy atom. The van der Waals surface area contributed by atoms with Crippen molar-refractivity contribution >= 4 is 11.6 Å². The third-order valence-electron chi connectivity index (χ3n) is 1.20. The first-order chi connectivity index (χ1) is 5.18. The lowest BCUT2D eigenvalue weighted by molar-refractivity contribution is -0.0732. The molecule has 4 heteroatoms. The summed E-state index contributed by atoms with van der Waals surface area (Å²) in [6.07, 6.45) is 1.63. The van der Waals surface area contributed by atoms with E-state index in [2.05, 4.69) is 4.98 Å². The van der Waals surface area contributed by atoms with Gasteiger partial charge < -0.3 is 5.21 Å². The van der Waals surface area contributed by atoms with Gasteiger partial charge in [0.25, 0.3) is 0 Å². The molecule has 0 aliphatic rings. The van der Waals surface area contributed by atoms with E-state index in [1.54, 1.807) is 19.3 Å². The molecule has 1 aromatic heterocycles. The van der Waals surface area contributed by atoms with E-state index in [-0.39, 0.29) is 0 Å². The van der Waals surface area contributed by atoms with Crippen molar-refractivity contribution in [2.75, 3.05) is 7.05 Å². The Hall–Kier alpha value is -0.640. The largest absolute Gasteiger partial charge is 0.314 e. The second-order valence-corrected chi connectivity index (χ2v) is 2.69. The van der Waals surface area contributed by atoms with Crippen LogP contribution in [0.15, 0.2) is 18.3 Å². The van der Waals surface area contributed by atoms with Gasteiger partial charge in [0.05, 0.1) is 6.54 Å². The fourth-order valence-corrected chi connectivity index (χ4v) is 0.876. The highest BCUT2D eigenvalue weighted by Crippen LogP contribution is 2.05. The minimum atomic E-state index is 0.462. The van der Waals surface area contributed by atoms with Crippen molar-refractivity contribution < 1.29 is 5.21 Å². The second kappa shape index (κ2) is 3.67. The molecule has 0 saturated carbocycles. The van der Waals surface area contributed by atoms with Crippen molar-refractivity contribution in [3.63, 3.8) is 0 Å². The van der Waals surface area contributed by atoms with Crippen molar-refractivity contribution in [2.45, 2.75) is 6.54 Å². The zero-order valence-corrected chi connectivity index (χ0v) is 6.91. The predicted octanol–water partition coefficient (Wildman–Crippen LogP) is 1.56. The second-order valence-electron chi connectivity index (χ2n) is 2.30. The van der Waals surface area contributed by atoms with Crippen LogP contribution in [0.5, 0.6) is 0 Å². The van der Waals surface area contributed by atoms with Crippen molar-refractivity contribution in [1.29, 1.82) is 0 Å². The topological polar surface area (TPSA) is 36.4 Å². The lowest BCUT2D eigenvalue weighted by Crippen LogP contribution is -2.11. The van der Waals surface area contributed by atoms with Gasteiger partial charge in [-0.05, 0) is 11.6 Å². The number of rotatable bonds is 2. The number of aromatic nitrogens is 1. The summed E-state index contributed by atoms with van der Waals surface area (Å²) in [4.78, 5) is 3.86. The molecule has 0 bridgehead atoms. The minimum Gasteiger partial charge on any atom is -0.314 e. The molecular weight excluding hydrogens is 164 g/mol. The maximum Gasteiger partial charge on any atom is 0.129 e. The highest BCUT2D eigenvalue weighted by molar-refractivity contribution is 6.29. The molecule has 0 radical (unpaired) electrons. The maximum atomic E-state index is 8.85. The van der Waals surface area contributed by atoms with E-state index >= 15 is 0 Å². The molecule has 0 aromatic carbocycles. The van der Waals surface area contributed by atoms with E-state index in [0.717, 1.165) is 10.6 Å². The number of nitrogens with zero attached hydrogens (tertiary/aromatic N) is 2. The zero-order chi connectivity index (χ0) is 8.27. The van der Waals surface area contributed by atoms with Crippen LogP contribution in [0.4, 0.5) is 0 Å². The van der Waals surface area contributed by atoms with Gasteiger partial charge in [0.15, 0.2) is 0 Å². The first-order valence-electron chi connectivity index (χ1n) is 3.19. The van der Waals surface area contributed by atoms with Gasteiger partial charge >= 0.3 is 0 Å². The van der Waals surface area contributed by atoms with Gasteiger partial charge in [0.2, 0.25) is 0 Å². The van der Waals surface area contributed by atoms with Crippen molar-refractivity contribution in [3.05, 3.63) is 29.0 Å². The van der Waals surface area contributed by atoms with Crippen LogP contribution in [0.2, 0.25) is 5.15 Å². The molecule has 0 saturated heterocycles. The van der Waals surface area contributed by atoms with Gasteiger partial charge in [-0.25, -0.2) is 4.98 Å². The summed E-state index contributed by atoms with van der Waals surface area (Å²) < 4.78 is 0. The molecule has 0 amide bonds. The lowest BCUT2D eigenvalue weighted by Gasteiger charge is -2.06. The Morgan fingerprint density at radius 3 is 2.82 bits per heavy atom. The summed E-state index contributed by atoms with van der Waals surface area (Å²) in [5, 5.41) is 10.4. The van der Waals surface area contributed by atoms with Gasteiger partial charge in [-0.3, -0.25) is 0 Å². The Kier molecular flexibility index (Phi) is 2.82. The van der Waals surface area contributed by atoms with Gasteiger partial charge in [0, 0.05) is 13.2 Å². The molecule has 0 atom stereocenters. The number of halogens is 1. The summed E-state index contributed by atoms with van der Waals surface area (Å²) in [7, 11) is 1.58. The first kappa shape index (κ1) is 8.46. The average Bonchev–Trinajstić information content (AvgIpc) is 1.93. The third-order valence-corrected chi connectivity index (χ3v) is 1.42. The van der Waals surface area contributed by atoms with E-state index in [0.29, 0.717) is 11.7 Å². The maximum absolute atomic E-state index is 8.85. The molecule has 1 N–H and O–H groups in total. The van der Waals surface area contributed by atoms with E-state index in [4.69, 9.17) is 16.8 Å². The summed E-state index contributed by atoms with van der Waals surface area (Å²) in [6.45, 7) is 0.462. The van der Waals surface area contributed by atoms with Crippen LogP contribution in [0, 0.1) is 0 Å². The molecule has 0 unspecified atom stereocenters. The van der Waals surface area contributed by atoms with Gasteiger partial charge in [-0.2, -0.15) is 5.06 Å². The van der Waals surface area contributed by atoms with E-state index in [1.807, 2.05) is 6.07 Å². The molecule has 0 aliphatic carbocycles. The molecular formula is C7H9ClN2O. The van der Waals surface area contributed by atoms with Crippen LogP contribution in [-0.4, -0.2) is 22.3 Å². The molecule has 0 spiro atoms. The minimum absolute atomic E-state index is 0.462. The quantitative estimate of drug-likeness (QED) is 0.543. The number of hydrogen-bond donors (Lipinski definition) is 1. The molecule has 0 aliphatic heterocycles. The summed E-state index contributed by atoms with van der Waals surface area (Å²) in [5.74, 6) is 0. The van der Waals surface area contributed by atoms with Crippen LogP contribution < -0.4 is 0 Å². The predicted molar refractivity (Wildman–Crippen MR) is 42.5 cm³/mol. The summed E-state index contributed by atoms with van der Waals surface area (Å²) in [5.41, 5.74) is 0.930. The number of pyridine rings is 1. The Balaban J connectivity index is 2.66. The lowest BCUT2D eigenvalue weighted by atomic mass is 10.3. The Bertz CT molecular complexity index is 222. The standard InChI is InChI=1S/C7H9ClN2O/c1-10(11)5-6-2-3-7(8)9-4-6/h2-4,11H,5H2,1H3. The highest BCUT2D eigenvalue weighted by Gasteiger charge is 1.95. The summed E-state index contributed by atoms with van der Waals surface area (Å²) >= 11 is 5.56. The Morgan fingerprint density at radius 2 is 2.36 bits per heavy atom. The monoisotopic (exact) mass is 172 g/mol. The molecule has 0 fully saturated rings. The molecule has 1 heterocycles. The van der Waals surface area contributed by atoms with Gasteiger partial charge in [-0.1, -0.05) is 17.7 Å². The van der Waals surface area contributed by atoms with E-state index in [9.17, 15) is 0 Å².